The van der Waals surface area contributed by atoms with E-state index in [2.05, 4.69) is 80.2 Å². The number of rotatable bonds is 7. The predicted molar refractivity (Wildman–Crippen MR) is 94.2 cm³/mol. The number of benzene rings is 1. The van der Waals surface area contributed by atoms with E-state index in [4.69, 9.17) is 0 Å². The fourth-order valence-electron chi connectivity index (χ4n) is 3.14. The first-order valence-corrected chi connectivity index (χ1v) is 8.74. The average molecular weight is 301 g/mol. The van der Waals surface area contributed by atoms with Crippen LogP contribution in [0.25, 0.3) is 0 Å². The predicted octanol–water partition coefficient (Wildman–Crippen LogP) is 5.03. The van der Waals surface area contributed by atoms with Crippen LogP contribution in [0.4, 0.5) is 0 Å². The van der Waals surface area contributed by atoms with Crippen LogP contribution in [0.3, 0.4) is 0 Å². The van der Waals surface area contributed by atoms with Crippen LogP contribution in [0, 0.1) is 0 Å². The molecular formula is C19H27NS. The zero-order valence-corrected chi connectivity index (χ0v) is 14.4. The number of hydrogen-bond acceptors (Lipinski definition) is 2. The minimum absolute atomic E-state index is 0.204. The summed E-state index contributed by atoms with van der Waals surface area (Å²) in [5, 5.41) is 8.15. The van der Waals surface area contributed by atoms with Crippen LogP contribution in [0.2, 0.25) is 0 Å². The van der Waals surface area contributed by atoms with Crippen LogP contribution >= 0.6 is 11.3 Å². The molecule has 2 aromatic rings. The second kappa shape index (κ2) is 7.24. The molecule has 0 aliphatic carbocycles. The highest BCUT2D eigenvalue weighted by Crippen LogP contribution is 2.28. The summed E-state index contributed by atoms with van der Waals surface area (Å²) in [6, 6.07) is 14.1. The third-order valence-corrected chi connectivity index (χ3v) is 4.79. The lowest BCUT2D eigenvalue weighted by atomic mass is 9.79. The molecule has 1 N–H and O–H groups in total. The molecule has 0 aliphatic rings. The molecule has 0 spiro atoms. The molecule has 2 unspecified atom stereocenters. The highest BCUT2D eigenvalue weighted by atomic mass is 32.1. The molecule has 2 atom stereocenters. The van der Waals surface area contributed by atoms with Gasteiger partial charge in [-0.05, 0) is 60.1 Å². The number of nitrogens with one attached hydrogen (secondary N) is 1. The average Bonchev–Trinajstić information content (AvgIpc) is 2.91. The van der Waals surface area contributed by atoms with Crippen LogP contribution in [-0.4, -0.2) is 12.1 Å². The fourth-order valence-corrected chi connectivity index (χ4v) is 3.82. The quantitative estimate of drug-likeness (QED) is 0.756. The molecular weight excluding hydrogens is 274 g/mol. The zero-order chi connectivity index (χ0) is 15.3. The Hall–Kier alpha value is -1.12. The van der Waals surface area contributed by atoms with Gasteiger partial charge in [0.2, 0.25) is 0 Å². The molecule has 114 valence electrons. The Morgan fingerprint density at radius 3 is 2.38 bits per heavy atom. The third-order valence-electron chi connectivity index (χ3n) is 4.06. The van der Waals surface area contributed by atoms with Crippen molar-refractivity contribution in [1.29, 1.82) is 0 Å². The van der Waals surface area contributed by atoms with Gasteiger partial charge in [0.15, 0.2) is 0 Å². The van der Waals surface area contributed by atoms with Crippen molar-refractivity contribution in [3.05, 3.63) is 58.3 Å². The van der Waals surface area contributed by atoms with E-state index in [9.17, 15) is 0 Å². The fraction of sp³-hybridized carbons (Fsp3) is 0.474. The molecule has 2 rings (SSSR count). The molecule has 2 heteroatoms. The standard InChI is InChI=1S/C19H27NS/c1-15(12-17-10-11-21-14-17)20-16(2)13-19(3,4)18-8-6-5-7-9-18/h5-11,14-16,20H,12-13H2,1-4H3. The van der Waals surface area contributed by atoms with Crippen LogP contribution in [0.15, 0.2) is 47.2 Å². The first-order chi connectivity index (χ1) is 9.97. The lowest BCUT2D eigenvalue weighted by Crippen LogP contribution is -2.39. The Bertz CT molecular complexity index is 516. The monoisotopic (exact) mass is 301 g/mol. The number of hydrogen-bond donors (Lipinski definition) is 1. The maximum atomic E-state index is 3.75. The van der Waals surface area contributed by atoms with Crippen molar-refractivity contribution in [3.63, 3.8) is 0 Å². The molecule has 0 radical (unpaired) electrons. The summed E-state index contributed by atoms with van der Waals surface area (Å²) in [7, 11) is 0. The topological polar surface area (TPSA) is 12.0 Å². The van der Waals surface area contributed by atoms with Crippen LogP contribution in [0.1, 0.15) is 45.2 Å². The van der Waals surface area contributed by atoms with E-state index >= 15 is 0 Å². The van der Waals surface area contributed by atoms with E-state index < -0.39 is 0 Å². The minimum Gasteiger partial charge on any atom is -0.311 e. The normalized spacial score (nSPS) is 14.9. The van der Waals surface area contributed by atoms with Gasteiger partial charge in [-0.15, -0.1) is 0 Å². The zero-order valence-electron chi connectivity index (χ0n) is 13.6. The summed E-state index contributed by atoms with van der Waals surface area (Å²) >= 11 is 1.78. The Morgan fingerprint density at radius 1 is 1.05 bits per heavy atom. The van der Waals surface area contributed by atoms with Crippen molar-refractivity contribution in [2.45, 2.75) is 58.0 Å². The molecule has 0 bridgehead atoms. The molecule has 1 heterocycles. The van der Waals surface area contributed by atoms with E-state index in [0.717, 1.165) is 12.8 Å². The largest absolute Gasteiger partial charge is 0.311 e. The van der Waals surface area contributed by atoms with Gasteiger partial charge in [-0.25, -0.2) is 0 Å². The van der Waals surface area contributed by atoms with Crippen LogP contribution in [-0.2, 0) is 11.8 Å². The molecule has 1 aromatic carbocycles. The maximum absolute atomic E-state index is 3.75. The van der Waals surface area contributed by atoms with E-state index in [-0.39, 0.29) is 5.41 Å². The van der Waals surface area contributed by atoms with Gasteiger partial charge in [-0.3, -0.25) is 0 Å². The first kappa shape index (κ1) is 16.3. The molecule has 0 saturated heterocycles. The molecule has 0 saturated carbocycles. The van der Waals surface area contributed by atoms with Gasteiger partial charge in [0.25, 0.3) is 0 Å². The Kier molecular flexibility index (Phi) is 5.60. The van der Waals surface area contributed by atoms with Gasteiger partial charge >= 0.3 is 0 Å². The molecule has 0 fully saturated rings. The van der Waals surface area contributed by atoms with Gasteiger partial charge in [-0.2, -0.15) is 11.3 Å². The highest BCUT2D eigenvalue weighted by Gasteiger charge is 2.23. The molecule has 0 aliphatic heterocycles. The number of thiophene rings is 1. The van der Waals surface area contributed by atoms with Gasteiger partial charge < -0.3 is 5.32 Å². The van der Waals surface area contributed by atoms with Crippen molar-refractivity contribution in [2.75, 3.05) is 0 Å². The van der Waals surface area contributed by atoms with Gasteiger partial charge in [-0.1, -0.05) is 44.2 Å². The Morgan fingerprint density at radius 2 is 1.76 bits per heavy atom. The molecule has 1 aromatic heterocycles. The molecule has 1 nitrogen and oxygen atoms in total. The Balaban J connectivity index is 1.87. The maximum Gasteiger partial charge on any atom is 0.00819 e. The lowest BCUT2D eigenvalue weighted by Gasteiger charge is -2.30. The van der Waals surface area contributed by atoms with Gasteiger partial charge in [0, 0.05) is 12.1 Å². The van der Waals surface area contributed by atoms with Gasteiger partial charge in [0.05, 0.1) is 0 Å². The highest BCUT2D eigenvalue weighted by molar-refractivity contribution is 7.07. The second-order valence-electron chi connectivity index (χ2n) is 6.76. The summed E-state index contributed by atoms with van der Waals surface area (Å²) < 4.78 is 0. The van der Waals surface area contributed by atoms with E-state index in [0.29, 0.717) is 12.1 Å². The van der Waals surface area contributed by atoms with Crippen molar-refractivity contribution >= 4 is 11.3 Å². The van der Waals surface area contributed by atoms with Crippen molar-refractivity contribution in [2.24, 2.45) is 0 Å². The first-order valence-electron chi connectivity index (χ1n) is 7.80. The third kappa shape index (κ3) is 4.98. The van der Waals surface area contributed by atoms with Crippen molar-refractivity contribution in [3.8, 4) is 0 Å². The summed E-state index contributed by atoms with van der Waals surface area (Å²) in [5.41, 5.74) is 3.06. The summed E-state index contributed by atoms with van der Waals surface area (Å²) in [4.78, 5) is 0. The second-order valence-corrected chi connectivity index (χ2v) is 7.54. The minimum atomic E-state index is 0.204. The SMILES string of the molecule is CC(Cc1ccsc1)NC(C)CC(C)(C)c1ccccc1. The smallest absolute Gasteiger partial charge is 0.00819 e. The van der Waals surface area contributed by atoms with Crippen molar-refractivity contribution < 1.29 is 0 Å². The molecule has 21 heavy (non-hydrogen) atoms. The summed E-state index contributed by atoms with van der Waals surface area (Å²) in [5.74, 6) is 0. The van der Waals surface area contributed by atoms with Crippen LogP contribution < -0.4 is 5.32 Å². The Labute approximate surface area is 133 Å². The van der Waals surface area contributed by atoms with Gasteiger partial charge in [0.1, 0.15) is 0 Å². The summed E-state index contributed by atoms with van der Waals surface area (Å²) in [6.07, 6.45) is 2.25. The van der Waals surface area contributed by atoms with Crippen molar-refractivity contribution in [1.82, 2.24) is 5.32 Å². The van der Waals surface area contributed by atoms with E-state index in [1.54, 1.807) is 11.3 Å². The van der Waals surface area contributed by atoms with E-state index in [1.807, 2.05) is 0 Å². The van der Waals surface area contributed by atoms with Crippen LogP contribution in [0.5, 0.6) is 0 Å². The molecule has 0 amide bonds. The lowest BCUT2D eigenvalue weighted by molar-refractivity contribution is 0.362. The van der Waals surface area contributed by atoms with E-state index in [1.165, 1.54) is 11.1 Å². The summed E-state index contributed by atoms with van der Waals surface area (Å²) in [6.45, 7) is 9.26.